The monoisotopic (exact) mass is 576 g/mol. The average molecular weight is 577 g/mol. The molecule has 2 N–H and O–H groups in total. The van der Waals surface area contributed by atoms with Crippen LogP contribution in [-0.2, 0) is 30.2 Å². The van der Waals surface area contributed by atoms with Crippen molar-refractivity contribution in [3.8, 4) is 5.75 Å². The molecule has 0 aliphatic carbocycles. The molecule has 9 heteroatoms. The number of carbonyl (C=O) groups is 2. The molecule has 2 aromatic carbocycles. The molecule has 1 fully saturated rings. The van der Waals surface area contributed by atoms with Crippen LogP contribution < -0.4 is 4.74 Å². The summed E-state index contributed by atoms with van der Waals surface area (Å²) in [4.78, 5) is 25.2. The highest BCUT2D eigenvalue weighted by atomic mass is 35.5. The van der Waals surface area contributed by atoms with Gasteiger partial charge < -0.3 is 29.2 Å². The molecule has 1 aliphatic heterocycles. The lowest BCUT2D eigenvalue weighted by molar-refractivity contribution is -0.246. The lowest BCUT2D eigenvalue weighted by Crippen LogP contribution is -2.57. The van der Waals surface area contributed by atoms with Crippen LogP contribution >= 0.6 is 11.6 Å². The second-order valence-corrected chi connectivity index (χ2v) is 12.6. The fraction of sp³-hybridized carbons (Fsp3) is 0.548. The Balaban J connectivity index is 1.90. The fourth-order valence-electron chi connectivity index (χ4n) is 4.16. The van der Waals surface area contributed by atoms with Crippen molar-refractivity contribution in [3.63, 3.8) is 0 Å². The Morgan fingerprint density at radius 1 is 0.925 bits per heavy atom. The van der Waals surface area contributed by atoms with E-state index in [4.69, 9.17) is 30.5 Å². The van der Waals surface area contributed by atoms with Crippen molar-refractivity contribution < 1.29 is 38.7 Å². The highest BCUT2D eigenvalue weighted by molar-refractivity contribution is 6.31. The van der Waals surface area contributed by atoms with Gasteiger partial charge in [-0.05, 0) is 89.8 Å². The van der Waals surface area contributed by atoms with Crippen molar-refractivity contribution in [2.75, 3.05) is 13.2 Å². The largest absolute Gasteiger partial charge is 0.494 e. The Kier molecular flexibility index (Phi) is 10.3. The zero-order valence-corrected chi connectivity index (χ0v) is 25.0. The van der Waals surface area contributed by atoms with Gasteiger partial charge in [0.1, 0.15) is 36.8 Å². The summed E-state index contributed by atoms with van der Waals surface area (Å²) < 4.78 is 22.7. The molecule has 1 saturated heterocycles. The standard InChI is InChI=1S/C31H41ClO8/c1-8-37-21-12-9-18(10-13-21)15-20-16-19(11-14-22(20)32)26-25(34)27(40-29(36)31(5,6)7)24(33)23(39-26)17-38-28(35)30(2,3)4/h9-14,16,23-27,33-34H,8,15,17H2,1-7H3. The van der Waals surface area contributed by atoms with Gasteiger partial charge in [-0.1, -0.05) is 35.9 Å². The van der Waals surface area contributed by atoms with Crippen LogP contribution in [0.5, 0.6) is 5.75 Å². The molecule has 8 nitrogen and oxygen atoms in total. The van der Waals surface area contributed by atoms with Crippen LogP contribution in [0.25, 0.3) is 0 Å². The average Bonchev–Trinajstić information content (AvgIpc) is 2.87. The van der Waals surface area contributed by atoms with Gasteiger partial charge in [0.05, 0.1) is 17.4 Å². The summed E-state index contributed by atoms with van der Waals surface area (Å²) in [7, 11) is 0. The van der Waals surface area contributed by atoms with Crippen LogP contribution in [0.3, 0.4) is 0 Å². The second-order valence-electron chi connectivity index (χ2n) is 12.1. The smallest absolute Gasteiger partial charge is 0.311 e. The normalized spacial score (nSPS) is 23.4. The maximum atomic E-state index is 12.7. The van der Waals surface area contributed by atoms with E-state index in [1.807, 2.05) is 37.3 Å². The van der Waals surface area contributed by atoms with Gasteiger partial charge in [0.15, 0.2) is 6.10 Å². The molecule has 0 amide bonds. The van der Waals surface area contributed by atoms with E-state index < -0.39 is 53.3 Å². The van der Waals surface area contributed by atoms with Crippen LogP contribution in [-0.4, -0.2) is 59.8 Å². The molecule has 40 heavy (non-hydrogen) atoms. The predicted octanol–water partition coefficient (Wildman–Crippen LogP) is 5.04. The molecular formula is C31H41ClO8. The van der Waals surface area contributed by atoms with E-state index in [9.17, 15) is 19.8 Å². The summed E-state index contributed by atoms with van der Waals surface area (Å²) in [5.41, 5.74) is 0.750. The van der Waals surface area contributed by atoms with E-state index in [0.717, 1.165) is 16.9 Å². The van der Waals surface area contributed by atoms with Crippen LogP contribution in [0.15, 0.2) is 42.5 Å². The molecule has 5 unspecified atom stereocenters. The number of rotatable bonds is 8. The number of hydrogen-bond donors (Lipinski definition) is 2. The fourth-order valence-corrected chi connectivity index (χ4v) is 4.34. The van der Waals surface area contributed by atoms with Gasteiger partial charge in [0.2, 0.25) is 0 Å². The summed E-state index contributed by atoms with van der Waals surface area (Å²) in [6.07, 6.45) is -5.66. The van der Waals surface area contributed by atoms with E-state index in [2.05, 4.69) is 0 Å². The zero-order valence-electron chi connectivity index (χ0n) is 24.3. The van der Waals surface area contributed by atoms with Crippen LogP contribution in [0.2, 0.25) is 5.02 Å². The van der Waals surface area contributed by atoms with Crippen LogP contribution in [0, 0.1) is 10.8 Å². The number of halogens is 1. The van der Waals surface area contributed by atoms with Crippen LogP contribution in [0.4, 0.5) is 0 Å². The molecule has 1 heterocycles. The van der Waals surface area contributed by atoms with Gasteiger partial charge in [-0.15, -0.1) is 0 Å². The minimum absolute atomic E-state index is 0.281. The van der Waals surface area contributed by atoms with Gasteiger partial charge >= 0.3 is 11.9 Å². The Bertz CT molecular complexity index is 1170. The third kappa shape index (κ3) is 7.97. The molecule has 2 aromatic rings. The van der Waals surface area contributed by atoms with Gasteiger partial charge in [-0.3, -0.25) is 9.59 Å². The van der Waals surface area contributed by atoms with Crippen molar-refractivity contribution in [2.45, 2.75) is 85.4 Å². The number of esters is 2. The molecule has 3 rings (SSSR count). The number of ether oxygens (including phenoxy) is 4. The van der Waals surface area contributed by atoms with Crippen molar-refractivity contribution in [3.05, 3.63) is 64.2 Å². The first kappa shape index (κ1) is 31.9. The van der Waals surface area contributed by atoms with Gasteiger partial charge in [-0.2, -0.15) is 0 Å². The van der Waals surface area contributed by atoms with E-state index >= 15 is 0 Å². The molecule has 0 bridgehead atoms. The maximum absolute atomic E-state index is 12.7. The molecule has 220 valence electrons. The Labute approximate surface area is 241 Å². The van der Waals surface area contributed by atoms with E-state index in [-0.39, 0.29) is 6.61 Å². The highest BCUT2D eigenvalue weighted by Gasteiger charge is 2.48. The third-order valence-corrected chi connectivity index (χ3v) is 6.93. The molecule has 1 aliphatic rings. The predicted molar refractivity (Wildman–Crippen MR) is 151 cm³/mol. The van der Waals surface area contributed by atoms with E-state index in [1.54, 1.807) is 53.7 Å². The first-order valence-corrected chi connectivity index (χ1v) is 13.9. The maximum Gasteiger partial charge on any atom is 0.311 e. The van der Waals surface area contributed by atoms with Gasteiger partial charge in [-0.25, -0.2) is 0 Å². The minimum atomic E-state index is -1.43. The van der Waals surface area contributed by atoms with Crippen LogP contribution in [0.1, 0.15) is 71.3 Å². The lowest BCUT2D eigenvalue weighted by Gasteiger charge is -2.43. The molecule has 0 spiro atoms. The van der Waals surface area contributed by atoms with Crippen molar-refractivity contribution in [1.82, 2.24) is 0 Å². The number of hydrogen-bond acceptors (Lipinski definition) is 8. The number of carbonyl (C=O) groups excluding carboxylic acids is 2. The first-order chi connectivity index (χ1) is 18.6. The molecule has 5 atom stereocenters. The third-order valence-electron chi connectivity index (χ3n) is 6.56. The Morgan fingerprint density at radius 3 is 2.12 bits per heavy atom. The number of aliphatic hydroxyl groups excluding tert-OH is 2. The molecule has 0 aromatic heterocycles. The second kappa shape index (κ2) is 12.9. The molecular weight excluding hydrogens is 536 g/mol. The summed E-state index contributed by atoms with van der Waals surface area (Å²) in [6, 6.07) is 13.0. The minimum Gasteiger partial charge on any atom is -0.494 e. The number of aliphatic hydroxyl groups is 2. The summed E-state index contributed by atoms with van der Waals surface area (Å²) >= 11 is 6.53. The van der Waals surface area contributed by atoms with Gasteiger partial charge in [0, 0.05) is 5.02 Å². The first-order valence-electron chi connectivity index (χ1n) is 13.5. The Morgan fingerprint density at radius 2 is 1.55 bits per heavy atom. The lowest BCUT2D eigenvalue weighted by atomic mass is 9.89. The summed E-state index contributed by atoms with van der Waals surface area (Å²) in [5.74, 6) is -0.287. The van der Waals surface area contributed by atoms with E-state index in [1.165, 1.54) is 0 Å². The van der Waals surface area contributed by atoms with Crippen molar-refractivity contribution in [1.29, 1.82) is 0 Å². The zero-order chi connectivity index (χ0) is 29.8. The highest BCUT2D eigenvalue weighted by Crippen LogP contribution is 2.37. The van der Waals surface area contributed by atoms with Crippen molar-refractivity contribution in [2.24, 2.45) is 10.8 Å². The molecule has 0 radical (unpaired) electrons. The topological polar surface area (TPSA) is 112 Å². The molecule has 0 saturated carbocycles. The number of benzene rings is 2. The Hall–Kier alpha value is -2.65. The quantitative estimate of drug-likeness (QED) is 0.421. The van der Waals surface area contributed by atoms with Crippen molar-refractivity contribution >= 4 is 23.5 Å². The summed E-state index contributed by atoms with van der Waals surface area (Å²) in [5, 5.41) is 22.9. The van der Waals surface area contributed by atoms with E-state index in [0.29, 0.717) is 23.6 Å². The van der Waals surface area contributed by atoms with Gasteiger partial charge in [0.25, 0.3) is 0 Å². The SMILES string of the molecule is CCOc1ccc(Cc2cc(C3OC(COC(=O)C(C)(C)C)C(O)C(OC(=O)C(C)(C)C)C3O)ccc2Cl)cc1. The summed E-state index contributed by atoms with van der Waals surface area (Å²) in [6.45, 7) is 12.4.